The summed E-state index contributed by atoms with van der Waals surface area (Å²) in [5.74, 6) is -1.50. The van der Waals surface area contributed by atoms with Gasteiger partial charge >= 0.3 is 0 Å². The zero-order valence-corrected chi connectivity index (χ0v) is 28.3. The fourth-order valence-corrected chi connectivity index (χ4v) is 12.6. The lowest BCUT2D eigenvalue weighted by atomic mass is 9.81. The smallest absolute Gasteiger partial charge is 0.238 e. The van der Waals surface area contributed by atoms with Crippen molar-refractivity contribution >= 4 is 105 Å². The van der Waals surface area contributed by atoms with Crippen molar-refractivity contribution < 1.29 is 24.0 Å². The Morgan fingerprint density at radius 1 is 0.500 bits per heavy atom. The van der Waals surface area contributed by atoms with Gasteiger partial charge in [0.15, 0.2) is 5.78 Å². The first-order valence-corrected chi connectivity index (χ1v) is 17.8. The Morgan fingerprint density at radius 3 is 1.02 bits per heavy atom. The van der Waals surface area contributed by atoms with Crippen LogP contribution in [0.5, 0.6) is 0 Å². The van der Waals surface area contributed by atoms with Gasteiger partial charge in [0.2, 0.25) is 23.6 Å². The van der Waals surface area contributed by atoms with Crippen molar-refractivity contribution in [3.05, 3.63) is 59.7 Å². The van der Waals surface area contributed by atoms with Crippen molar-refractivity contribution in [2.75, 3.05) is 9.80 Å². The van der Waals surface area contributed by atoms with Crippen molar-refractivity contribution in [3.63, 3.8) is 0 Å². The number of hydrogen-bond acceptors (Lipinski definition) is 5. The van der Waals surface area contributed by atoms with E-state index in [9.17, 15) is 24.0 Å². The number of carbonyl (C=O) groups excluding carboxylic acids is 5. The summed E-state index contributed by atoms with van der Waals surface area (Å²) in [6.07, 6.45) is 1.74. The summed E-state index contributed by atoms with van der Waals surface area (Å²) < 4.78 is 0. The summed E-state index contributed by atoms with van der Waals surface area (Å²) in [7, 11) is 0. The second kappa shape index (κ2) is 9.65. The number of ketones is 1. The fourth-order valence-electron chi connectivity index (χ4n) is 8.90. The lowest BCUT2D eigenvalue weighted by molar-refractivity contribution is -0.124. The Balaban J connectivity index is 0.992. The molecule has 0 N–H and O–H groups in total. The van der Waals surface area contributed by atoms with Gasteiger partial charge < -0.3 is 0 Å². The molecule has 4 amide bonds. The van der Waals surface area contributed by atoms with E-state index in [1.807, 2.05) is 0 Å². The maximum atomic E-state index is 13.3. The van der Waals surface area contributed by atoms with Crippen molar-refractivity contribution in [2.45, 2.75) is 32.2 Å². The van der Waals surface area contributed by atoms with E-state index in [2.05, 4.69) is 63.7 Å². The number of rotatable bonds is 4. The number of nitrogens with zero attached hydrogens (tertiary/aromatic N) is 2. The molecule has 216 valence electrons. The number of imide groups is 2. The van der Waals surface area contributed by atoms with Gasteiger partial charge in [0, 0.05) is 30.4 Å². The van der Waals surface area contributed by atoms with Crippen LogP contribution in [-0.2, 0) is 19.2 Å². The Labute approximate surface area is 275 Å². The summed E-state index contributed by atoms with van der Waals surface area (Å²) >= 11 is 14.9. The van der Waals surface area contributed by atoms with Gasteiger partial charge in [-0.1, -0.05) is 63.7 Å². The molecular formula is C31H24Br4N2O5. The van der Waals surface area contributed by atoms with Gasteiger partial charge in [0.05, 0.1) is 35.0 Å². The van der Waals surface area contributed by atoms with Crippen molar-refractivity contribution in [2.24, 2.45) is 47.3 Å². The Kier molecular flexibility index (Phi) is 6.40. The van der Waals surface area contributed by atoms with Gasteiger partial charge in [0.25, 0.3) is 0 Å². The maximum absolute atomic E-state index is 13.3. The zero-order valence-electron chi connectivity index (χ0n) is 21.9. The number of anilines is 2. The number of benzene rings is 2. The Hall–Kier alpha value is -1.69. The largest absolute Gasteiger partial charge is 0.289 e. The minimum absolute atomic E-state index is 0.137. The van der Waals surface area contributed by atoms with Crippen LogP contribution in [0.2, 0.25) is 0 Å². The molecule has 7 nitrogen and oxygen atoms in total. The first kappa shape index (κ1) is 27.8. The van der Waals surface area contributed by atoms with Crippen molar-refractivity contribution in [1.82, 2.24) is 0 Å². The molecule has 11 heteroatoms. The number of fused-ring (bicyclic) bond motifs is 10. The molecule has 4 aliphatic carbocycles. The molecule has 6 fully saturated rings. The molecular weight excluding hydrogens is 800 g/mol. The van der Waals surface area contributed by atoms with Crippen LogP contribution in [-0.4, -0.2) is 48.7 Å². The predicted octanol–water partition coefficient (Wildman–Crippen LogP) is 5.48. The number of hydrogen-bond donors (Lipinski definition) is 0. The monoisotopic (exact) mass is 820 g/mol. The molecule has 8 rings (SSSR count). The van der Waals surface area contributed by atoms with Crippen LogP contribution < -0.4 is 9.80 Å². The van der Waals surface area contributed by atoms with E-state index >= 15 is 0 Å². The molecule has 6 aliphatic rings. The van der Waals surface area contributed by atoms with Crippen LogP contribution in [0.4, 0.5) is 11.4 Å². The number of amides is 4. The van der Waals surface area contributed by atoms with E-state index in [1.165, 1.54) is 9.80 Å². The lowest BCUT2D eigenvalue weighted by Gasteiger charge is -2.28. The standard InChI is InChI=1S/C31H24Br4N2O5/c32-23-15-9-16(24(23)33)20-19(15)28(39)36(29(20)40)13-5-1-11(2-6-13)27(38)12-3-7-14(8-4-12)37-30(41)21-17-10-18(22(21)31(37)42)26(35)25(17)34/h1-8,15-26H,9-10H2/t15-,16-,17-,18-,19-,20+,21-,22+,23-,24+,25+,26+/m1/s1. The lowest BCUT2D eigenvalue weighted by Crippen LogP contribution is -2.37. The molecule has 4 bridgehead atoms. The van der Waals surface area contributed by atoms with Crippen LogP contribution in [0, 0.1) is 47.3 Å². The van der Waals surface area contributed by atoms with Gasteiger partial charge in [-0.15, -0.1) is 0 Å². The SMILES string of the molecule is O=C(c1ccc(N2C(=O)[C@@H]3[C@H]4C[C@@H]([C@H](Br)[C@H]4Br)[C@@H]3C2=O)cc1)c1ccc(N2C(=O)[C@@H]3[C@H]4C[C@@H]([C@H](Br)[C@@H]4Br)[C@@H]3C2=O)cc1. The highest BCUT2D eigenvalue weighted by Gasteiger charge is 2.67. The minimum atomic E-state index is -0.300. The van der Waals surface area contributed by atoms with E-state index in [-0.39, 0.29) is 96.1 Å². The van der Waals surface area contributed by atoms with E-state index in [0.29, 0.717) is 22.5 Å². The number of carbonyl (C=O) groups is 5. The molecule has 2 aromatic carbocycles. The average Bonchev–Trinajstić information content (AvgIpc) is 3.80. The highest BCUT2D eigenvalue weighted by Crippen LogP contribution is 2.61. The molecule has 0 radical (unpaired) electrons. The molecule has 2 aliphatic heterocycles. The highest BCUT2D eigenvalue weighted by atomic mass is 79.9. The number of alkyl halides is 4. The normalized spacial score (nSPS) is 41.3. The topological polar surface area (TPSA) is 91.8 Å². The third kappa shape index (κ3) is 3.56. The first-order valence-electron chi connectivity index (χ1n) is 14.2. The Bertz CT molecular complexity index is 1400. The molecule has 0 spiro atoms. The van der Waals surface area contributed by atoms with Crippen LogP contribution in [0.15, 0.2) is 48.5 Å². The molecule has 2 heterocycles. The van der Waals surface area contributed by atoms with E-state index in [0.717, 1.165) is 12.8 Å². The Morgan fingerprint density at radius 2 is 0.762 bits per heavy atom. The van der Waals surface area contributed by atoms with Crippen LogP contribution in [0.1, 0.15) is 28.8 Å². The van der Waals surface area contributed by atoms with E-state index in [1.54, 1.807) is 48.5 Å². The summed E-state index contributed by atoms with van der Waals surface area (Å²) in [4.78, 5) is 70.0. The van der Waals surface area contributed by atoms with Crippen LogP contribution in [0.3, 0.4) is 0 Å². The van der Waals surface area contributed by atoms with Crippen molar-refractivity contribution in [1.29, 1.82) is 0 Å². The zero-order chi connectivity index (χ0) is 29.4. The predicted molar refractivity (Wildman–Crippen MR) is 169 cm³/mol. The fraction of sp³-hybridized carbons (Fsp3) is 0.452. The summed E-state index contributed by atoms with van der Waals surface area (Å²) in [6, 6.07) is 13.1. The minimum Gasteiger partial charge on any atom is -0.289 e. The summed E-state index contributed by atoms with van der Waals surface area (Å²) in [5.41, 5.74) is 1.78. The van der Waals surface area contributed by atoms with Gasteiger partial charge in [-0.05, 0) is 85.0 Å². The quantitative estimate of drug-likeness (QED) is 0.232. The van der Waals surface area contributed by atoms with Crippen LogP contribution in [0.25, 0.3) is 0 Å². The van der Waals surface area contributed by atoms with E-state index in [4.69, 9.17) is 0 Å². The molecule has 0 aromatic heterocycles. The molecule has 0 unspecified atom stereocenters. The van der Waals surface area contributed by atoms with Gasteiger partial charge in [-0.2, -0.15) is 0 Å². The second-order valence-electron chi connectivity index (χ2n) is 12.5. The third-order valence-electron chi connectivity index (χ3n) is 10.7. The third-order valence-corrected chi connectivity index (χ3v) is 17.2. The average molecular weight is 824 g/mol. The van der Waals surface area contributed by atoms with Gasteiger partial charge in [-0.3, -0.25) is 33.8 Å². The molecule has 2 aromatic rings. The number of halogens is 4. The van der Waals surface area contributed by atoms with Crippen molar-refractivity contribution in [3.8, 4) is 0 Å². The first-order chi connectivity index (χ1) is 20.1. The van der Waals surface area contributed by atoms with Gasteiger partial charge in [0.1, 0.15) is 0 Å². The maximum Gasteiger partial charge on any atom is 0.238 e. The molecule has 12 atom stereocenters. The highest BCUT2D eigenvalue weighted by molar-refractivity contribution is 9.12. The second-order valence-corrected chi connectivity index (χ2v) is 16.7. The summed E-state index contributed by atoms with van der Waals surface area (Å²) in [5, 5.41) is 0. The molecule has 2 saturated heterocycles. The summed E-state index contributed by atoms with van der Waals surface area (Å²) in [6.45, 7) is 0. The van der Waals surface area contributed by atoms with E-state index < -0.39 is 0 Å². The molecule has 4 saturated carbocycles. The van der Waals surface area contributed by atoms with Gasteiger partial charge in [-0.25, -0.2) is 0 Å². The molecule has 42 heavy (non-hydrogen) atoms. The van der Waals surface area contributed by atoms with Crippen LogP contribution >= 0.6 is 63.7 Å².